The Bertz CT molecular complexity index is 629. The summed E-state index contributed by atoms with van der Waals surface area (Å²) in [6, 6.07) is 9.35. The lowest BCUT2D eigenvalue weighted by Crippen LogP contribution is -2.24. The van der Waals surface area contributed by atoms with Gasteiger partial charge in [-0.1, -0.05) is 46.6 Å². The highest BCUT2D eigenvalue weighted by Gasteiger charge is 2.20. The number of hydrogen-bond donors (Lipinski definition) is 1. The van der Waals surface area contributed by atoms with E-state index in [0.717, 1.165) is 16.6 Å². The van der Waals surface area contributed by atoms with Crippen LogP contribution in [-0.4, -0.2) is 6.54 Å². The van der Waals surface area contributed by atoms with Crippen molar-refractivity contribution in [3.8, 4) is 0 Å². The first kappa shape index (κ1) is 16.2. The molecular formula is C18H21BrFN. The number of halogens is 2. The molecule has 0 saturated heterocycles. The summed E-state index contributed by atoms with van der Waals surface area (Å²) in [6.45, 7) is 9.32. The first-order valence-electron chi connectivity index (χ1n) is 7.20. The molecule has 0 aliphatic carbocycles. The SMILES string of the molecule is CCNC(c1ccc(F)cc1Br)c1c(C)cc(C)cc1C. The second-order valence-electron chi connectivity index (χ2n) is 5.47. The molecule has 0 amide bonds. The molecule has 3 heteroatoms. The van der Waals surface area contributed by atoms with Gasteiger partial charge in [-0.2, -0.15) is 0 Å². The molecule has 0 fully saturated rings. The molecule has 0 aliphatic rings. The summed E-state index contributed by atoms with van der Waals surface area (Å²) in [5, 5.41) is 3.52. The number of benzene rings is 2. The average molecular weight is 350 g/mol. The average Bonchev–Trinajstić information content (AvgIpc) is 2.37. The minimum atomic E-state index is -0.224. The van der Waals surface area contributed by atoms with E-state index in [1.54, 1.807) is 0 Å². The van der Waals surface area contributed by atoms with Gasteiger partial charge in [-0.25, -0.2) is 4.39 Å². The Hall–Kier alpha value is -1.19. The zero-order valence-corrected chi connectivity index (χ0v) is 14.5. The Balaban J connectivity index is 2.59. The van der Waals surface area contributed by atoms with Crippen LogP contribution in [0, 0.1) is 26.6 Å². The first-order chi connectivity index (χ1) is 9.93. The molecule has 2 aromatic rings. The van der Waals surface area contributed by atoms with Gasteiger partial charge in [-0.05, 0) is 61.7 Å². The van der Waals surface area contributed by atoms with Crippen LogP contribution in [0.15, 0.2) is 34.8 Å². The lowest BCUT2D eigenvalue weighted by molar-refractivity contribution is 0.608. The molecule has 2 aromatic carbocycles. The van der Waals surface area contributed by atoms with Crippen molar-refractivity contribution in [2.45, 2.75) is 33.7 Å². The molecule has 0 aliphatic heterocycles. The molecule has 2 rings (SSSR count). The maximum absolute atomic E-state index is 13.4. The molecule has 1 atom stereocenters. The predicted octanol–water partition coefficient (Wildman–Crippen LogP) is 5.21. The molecule has 0 aromatic heterocycles. The fourth-order valence-electron chi connectivity index (χ4n) is 2.95. The number of nitrogens with one attached hydrogen (secondary N) is 1. The topological polar surface area (TPSA) is 12.0 Å². The van der Waals surface area contributed by atoms with Gasteiger partial charge in [0.05, 0.1) is 6.04 Å². The van der Waals surface area contributed by atoms with Crippen LogP contribution in [-0.2, 0) is 0 Å². The van der Waals surface area contributed by atoms with E-state index in [4.69, 9.17) is 0 Å². The molecule has 1 unspecified atom stereocenters. The minimum absolute atomic E-state index is 0.0607. The van der Waals surface area contributed by atoms with Gasteiger partial charge in [0.2, 0.25) is 0 Å². The Morgan fingerprint density at radius 3 is 2.24 bits per heavy atom. The molecular weight excluding hydrogens is 329 g/mol. The van der Waals surface area contributed by atoms with Crippen LogP contribution in [0.25, 0.3) is 0 Å². The summed E-state index contributed by atoms with van der Waals surface area (Å²) < 4.78 is 14.2. The monoisotopic (exact) mass is 349 g/mol. The summed E-state index contributed by atoms with van der Waals surface area (Å²) in [5.41, 5.74) is 6.12. The fourth-order valence-corrected chi connectivity index (χ4v) is 3.53. The van der Waals surface area contributed by atoms with Gasteiger partial charge in [-0.15, -0.1) is 0 Å². The Labute approximate surface area is 134 Å². The van der Waals surface area contributed by atoms with Crippen LogP contribution in [0.2, 0.25) is 0 Å². The molecule has 1 nitrogen and oxygen atoms in total. The standard InChI is InChI=1S/C18H21BrFN/c1-5-21-18(15-7-6-14(20)10-16(15)19)17-12(3)8-11(2)9-13(17)4/h6-10,18,21H,5H2,1-4H3. The van der Waals surface area contributed by atoms with E-state index in [9.17, 15) is 4.39 Å². The number of rotatable bonds is 4. The van der Waals surface area contributed by atoms with E-state index in [-0.39, 0.29) is 11.9 Å². The second kappa shape index (κ2) is 6.71. The van der Waals surface area contributed by atoms with Gasteiger partial charge in [0, 0.05) is 4.47 Å². The van der Waals surface area contributed by atoms with E-state index in [1.165, 1.54) is 34.4 Å². The van der Waals surface area contributed by atoms with E-state index in [0.29, 0.717) is 0 Å². The number of aryl methyl sites for hydroxylation is 3. The zero-order valence-electron chi connectivity index (χ0n) is 12.9. The predicted molar refractivity (Wildman–Crippen MR) is 90.3 cm³/mol. The van der Waals surface area contributed by atoms with Crippen molar-refractivity contribution in [1.29, 1.82) is 0 Å². The summed E-state index contributed by atoms with van der Waals surface area (Å²) in [6.07, 6.45) is 0. The van der Waals surface area contributed by atoms with Gasteiger partial charge < -0.3 is 5.32 Å². The molecule has 0 heterocycles. The second-order valence-corrected chi connectivity index (χ2v) is 6.32. The van der Waals surface area contributed by atoms with E-state index < -0.39 is 0 Å². The Kier molecular flexibility index (Phi) is 5.17. The third-order valence-electron chi connectivity index (χ3n) is 3.71. The van der Waals surface area contributed by atoms with Gasteiger partial charge in [0.25, 0.3) is 0 Å². The fraction of sp³-hybridized carbons (Fsp3) is 0.333. The van der Waals surface area contributed by atoms with Gasteiger partial charge in [0.15, 0.2) is 0 Å². The highest BCUT2D eigenvalue weighted by molar-refractivity contribution is 9.10. The molecule has 112 valence electrons. The molecule has 21 heavy (non-hydrogen) atoms. The summed E-state index contributed by atoms with van der Waals surface area (Å²) >= 11 is 3.50. The van der Waals surface area contributed by atoms with E-state index in [1.807, 2.05) is 6.07 Å². The van der Waals surface area contributed by atoms with Crippen molar-refractivity contribution < 1.29 is 4.39 Å². The van der Waals surface area contributed by atoms with Crippen molar-refractivity contribution in [2.24, 2.45) is 0 Å². The van der Waals surface area contributed by atoms with Crippen LogP contribution in [0.5, 0.6) is 0 Å². The highest BCUT2D eigenvalue weighted by Crippen LogP contribution is 2.33. The van der Waals surface area contributed by atoms with Crippen LogP contribution >= 0.6 is 15.9 Å². The molecule has 0 bridgehead atoms. The van der Waals surface area contributed by atoms with Crippen LogP contribution < -0.4 is 5.32 Å². The van der Waals surface area contributed by atoms with Crippen molar-refractivity contribution in [2.75, 3.05) is 6.54 Å². The minimum Gasteiger partial charge on any atom is -0.306 e. The molecule has 1 N–H and O–H groups in total. The molecule has 0 radical (unpaired) electrons. The van der Waals surface area contributed by atoms with Gasteiger partial charge in [0.1, 0.15) is 5.82 Å². The maximum Gasteiger partial charge on any atom is 0.124 e. The van der Waals surface area contributed by atoms with Crippen molar-refractivity contribution in [3.63, 3.8) is 0 Å². The summed E-state index contributed by atoms with van der Waals surface area (Å²) in [7, 11) is 0. The van der Waals surface area contributed by atoms with Crippen LogP contribution in [0.3, 0.4) is 0 Å². The maximum atomic E-state index is 13.4. The Morgan fingerprint density at radius 1 is 1.10 bits per heavy atom. The van der Waals surface area contributed by atoms with Gasteiger partial charge >= 0.3 is 0 Å². The number of hydrogen-bond acceptors (Lipinski definition) is 1. The van der Waals surface area contributed by atoms with Crippen molar-refractivity contribution in [3.05, 3.63) is 68.4 Å². The lowest BCUT2D eigenvalue weighted by atomic mass is 9.90. The third-order valence-corrected chi connectivity index (χ3v) is 4.40. The largest absolute Gasteiger partial charge is 0.306 e. The third kappa shape index (κ3) is 3.53. The Morgan fingerprint density at radius 2 is 1.71 bits per heavy atom. The van der Waals surface area contributed by atoms with Crippen LogP contribution in [0.1, 0.15) is 40.8 Å². The quantitative estimate of drug-likeness (QED) is 0.798. The first-order valence-corrected chi connectivity index (χ1v) is 7.99. The van der Waals surface area contributed by atoms with Crippen LogP contribution in [0.4, 0.5) is 4.39 Å². The van der Waals surface area contributed by atoms with Gasteiger partial charge in [-0.3, -0.25) is 0 Å². The van der Waals surface area contributed by atoms with Crippen molar-refractivity contribution >= 4 is 15.9 Å². The highest BCUT2D eigenvalue weighted by atomic mass is 79.9. The summed E-state index contributed by atoms with van der Waals surface area (Å²) in [5.74, 6) is -0.224. The lowest BCUT2D eigenvalue weighted by Gasteiger charge is -2.24. The normalized spacial score (nSPS) is 12.5. The molecule has 0 saturated carbocycles. The van der Waals surface area contributed by atoms with E-state index >= 15 is 0 Å². The van der Waals surface area contributed by atoms with E-state index in [2.05, 4.69) is 61.1 Å². The smallest absolute Gasteiger partial charge is 0.124 e. The zero-order chi connectivity index (χ0) is 15.6. The summed E-state index contributed by atoms with van der Waals surface area (Å²) in [4.78, 5) is 0. The molecule has 0 spiro atoms. The van der Waals surface area contributed by atoms with Crippen molar-refractivity contribution in [1.82, 2.24) is 5.32 Å².